The van der Waals surface area contributed by atoms with Gasteiger partial charge in [-0.15, -0.1) is 22.7 Å². The normalized spacial score (nSPS) is 17.5. The van der Waals surface area contributed by atoms with Gasteiger partial charge in [-0.3, -0.25) is 0 Å². The van der Waals surface area contributed by atoms with E-state index in [1.807, 2.05) is 22.7 Å². The standard InChI is InChI=1S/C49H34S2/c1-3-13-36-30(9-1)11-7-17-38(36)48-40-15-5-6-16-41(40)49(39-18-8-12-31-10-2-4-14-37(31)39)43-29-34(21-22-42(43)48)45-24-26-47(51-45)46-25-23-44(50-46)33-20-19-32-27-35(32)28-33/h1-3,5-13,15-26,28-29,32,35H,4,14,27H2. The Morgan fingerprint density at radius 2 is 1.20 bits per heavy atom. The van der Waals surface area contributed by atoms with Gasteiger partial charge in [0.2, 0.25) is 0 Å². The van der Waals surface area contributed by atoms with Crippen molar-refractivity contribution >= 4 is 66.6 Å². The maximum atomic E-state index is 2.49. The van der Waals surface area contributed by atoms with Crippen molar-refractivity contribution in [2.75, 3.05) is 0 Å². The third-order valence-electron chi connectivity index (χ3n) is 11.3. The fraction of sp³-hybridized carbons (Fsp3) is 0.102. The van der Waals surface area contributed by atoms with Crippen LogP contribution >= 0.6 is 22.7 Å². The van der Waals surface area contributed by atoms with E-state index < -0.39 is 0 Å². The van der Waals surface area contributed by atoms with Crippen LogP contribution in [0.1, 0.15) is 28.8 Å². The zero-order valence-corrected chi connectivity index (χ0v) is 29.7. The minimum atomic E-state index is 0.762. The molecular weight excluding hydrogens is 653 g/mol. The minimum Gasteiger partial charge on any atom is -0.134 e. The molecule has 2 atom stereocenters. The molecule has 3 aliphatic rings. The first-order valence-electron chi connectivity index (χ1n) is 18.1. The first-order valence-corrected chi connectivity index (χ1v) is 19.8. The highest BCUT2D eigenvalue weighted by Crippen LogP contribution is 2.50. The SMILES string of the molecule is C1=Cc2cccc(-c3c4ccccc4c(-c4cccc5ccccc45)c4ccc(-c5ccc(-c6ccc(C7=CC8CC8C=C7)s6)s5)cc34)c2CC1. The van der Waals surface area contributed by atoms with E-state index in [9.17, 15) is 0 Å². The Hall–Kier alpha value is -5.28. The first kappa shape index (κ1) is 29.5. The third kappa shape index (κ3) is 4.85. The van der Waals surface area contributed by atoms with E-state index in [1.165, 1.54) is 103 Å². The summed E-state index contributed by atoms with van der Waals surface area (Å²) in [5.74, 6) is 1.55. The molecule has 8 aromatic rings. The molecule has 0 nitrogen and oxygen atoms in total. The van der Waals surface area contributed by atoms with E-state index in [2.05, 4.69) is 158 Å². The third-order valence-corrected chi connectivity index (χ3v) is 13.7. The average molecular weight is 687 g/mol. The zero-order chi connectivity index (χ0) is 33.5. The van der Waals surface area contributed by atoms with E-state index >= 15 is 0 Å². The van der Waals surface area contributed by atoms with Crippen LogP contribution in [-0.2, 0) is 6.42 Å². The van der Waals surface area contributed by atoms with E-state index in [-0.39, 0.29) is 0 Å². The van der Waals surface area contributed by atoms with Crippen LogP contribution in [0.3, 0.4) is 0 Å². The second-order valence-electron chi connectivity index (χ2n) is 14.3. The Labute approximate surface area is 306 Å². The molecule has 0 amide bonds. The average Bonchev–Trinajstić information content (AvgIpc) is 3.52. The van der Waals surface area contributed by atoms with Gasteiger partial charge in [-0.25, -0.2) is 0 Å². The Balaban J connectivity index is 1.13. The number of fused-ring (bicyclic) bond motifs is 5. The van der Waals surface area contributed by atoms with Gasteiger partial charge in [-0.1, -0.05) is 127 Å². The summed E-state index contributed by atoms with van der Waals surface area (Å²) in [5.41, 5.74) is 10.8. The summed E-state index contributed by atoms with van der Waals surface area (Å²) in [4.78, 5) is 5.38. The molecule has 1 fully saturated rings. The van der Waals surface area contributed by atoms with Gasteiger partial charge in [0.25, 0.3) is 0 Å². The van der Waals surface area contributed by atoms with Crippen molar-refractivity contribution in [1.82, 2.24) is 0 Å². The van der Waals surface area contributed by atoms with E-state index in [1.54, 1.807) is 0 Å². The van der Waals surface area contributed by atoms with Crippen molar-refractivity contribution in [2.45, 2.75) is 19.3 Å². The molecule has 242 valence electrons. The fourth-order valence-corrected chi connectivity index (χ4v) is 10.7. The molecular formula is C49H34S2. The summed E-state index contributed by atoms with van der Waals surface area (Å²) >= 11 is 3.83. The van der Waals surface area contributed by atoms with Crippen LogP contribution in [0.15, 0.2) is 152 Å². The topological polar surface area (TPSA) is 0 Å². The van der Waals surface area contributed by atoms with Gasteiger partial charge >= 0.3 is 0 Å². The minimum absolute atomic E-state index is 0.762. The van der Waals surface area contributed by atoms with Crippen LogP contribution in [-0.4, -0.2) is 0 Å². The molecule has 0 spiro atoms. The zero-order valence-electron chi connectivity index (χ0n) is 28.1. The molecule has 0 radical (unpaired) electrons. The molecule has 2 aromatic heterocycles. The highest BCUT2D eigenvalue weighted by Gasteiger charge is 2.35. The van der Waals surface area contributed by atoms with Crippen LogP contribution in [0.5, 0.6) is 0 Å². The van der Waals surface area contributed by atoms with Crippen LogP contribution in [0.25, 0.3) is 86.4 Å². The first-order chi connectivity index (χ1) is 25.3. The quantitative estimate of drug-likeness (QED) is 0.158. The van der Waals surface area contributed by atoms with Crippen molar-refractivity contribution in [2.24, 2.45) is 11.8 Å². The Bertz CT molecular complexity index is 2790. The van der Waals surface area contributed by atoms with Crippen LogP contribution < -0.4 is 0 Å². The highest BCUT2D eigenvalue weighted by molar-refractivity contribution is 7.24. The predicted octanol–water partition coefficient (Wildman–Crippen LogP) is 14.5. The summed E-state index contributed by atoms with van der Waals surface area (Å²) in [7, 11) is 0. The maximum Gasteiger partial charge on any atom is 0.0449 e. The van der Waals surface area contributed by atoms with Crippen LogP contribution in [0.4, 0.5) is 0 Å². The molecule has 1 saturated carbocycles. The lowest BCUT2D eigenvalue weighted by atomic mass is 9.81. The highest BCUT2D eigenvalue weighted by atomic mass is 32.1. The molecule has 0 bridgehead atoms. The smallest absolute Gasteiger partial charge is 0.0449 e. The maximum absolute atomic E-state index is 2.49. The van der Waals surface area contributed by atoms with Crippen LogP contribution in [0, 0.1) is 11.8 Å². The van der Waals surface area contributed by atoms with Crippen molar-refractivity contribution in [3.05, 3.63) is 168 Å². The summed E-state index contributed by atoms with van der Waals surface area (Å²) < 4.78 is 0. The largest absolute Gasteiger partial charge is 0.134 e. The lowest BCUT2D eigenvalue weighted by Gasteiger charge is -2.22. The van der Waals surface area contributed by atoms with E-state index in [0.717, 1.165) is 24.7 Å². The second kappa shape index (κ2) is 11.6. The lowest BCUT2D eigenvalue weighted by Crippen LogP contribution is -1.99. The molecule has 2 heterocycles. The predicted molar refractivity (Wildman–Crippen MR) is 223 cm³/mol. The number of thiophene rings is 2. The molecule has 0 saturated heterocycles. The number of rotatable bonds is 5. The summed E-state index contributed by atoms with van der Waals surface area (Å²) in [6.07, 6.45) is 15.3. The monoisotopic (exact) mass is 686 g/mol. The van der Waals surface area contributed by atoms with Crippen molar-refractivity contribution in [3.63, 3.8) is 0 Å². The van der Waals surface area contributed by atoms with E-state index in [4.69, 9.17) is 0 Å². The number of hydrogen-bond acceptors (Lipinski definition) is 2. The molecule has 6 aromatic carbocycles. The van der Waals surface area contributed by atoms with Crippen molar-refractivity contribution in [3.8, 4) is 42.4 Å². The molecule has 51 heavy (non-hydrogen) atoms. The summed E-state index contributed by atoms with van der Waals surface area (Å²) in [6.45, 7) is 0. The van der Waals surface area contributed by atoms with Gasteiger partial charge in [-0.05, 0) is 138 Å². The van der Waals surface area contributed by atoms with Crippen LogP contribution in [0.2, 0.25) is 0 Å². The second-order valence-corrected chi connectivity index (χ2v) is 16.4. The summed E-state index contributed by atoms with van der Waals surface area (Å²) in [6, 6.07) is 48.1. The molecule has 2 unspecified atom stereocenters. The molecule has 3 aliphatic carbocycles. The Morgan fingerprint density at radius 1 is 0.510 bits per heavy atom. The fourth-order valence-electron chi connectivity index (χ4n) is 8.64. The van der Waals surface area contributed by atoms with Gasteiger partial charge in [0.1, 0.15) is 0 Å². The molecule has 2 heteroatoms. The van der Waals surface area contributed by atoms with Gasteiger partial charge in [0, 0.05) is 19.5 Å². The number of allylic oxidation sites excluding steroid dienone is 5. The van der Waals surface area contributed by atoms with Gasteiger partial charge in [0.15, 0.2) is 0 Å². The van der Waals surface area contributed by atoms with Gasteiger partial charge in [0.05, 0.1) is 0 Å². The van der Waals surface area contributed by atoms with Gasteiger partial charge < -0.3 is 0 Å². The van der Waals surface area contributed by atoms with E-state index in [0.29, 0.717) is 0 Å². The molecule has 0 aliphatic heterocycles. The Kier molecular flexibility index (Phi) is 6.72. The van der Waals surface area contributed by atoms with Crippen molar-refractivity contribution < 1.29 is 0 Å². The van der Waals surface area contributed by atoms with Crippen molar-refractivity contribution in [1.29, 1.82) is 0 Å². The van der Waals surface area contributed by atoms with Gasteiger partial charge in [-0.2, -0.15) is 0 Å². The summed E-state index contributed by atoms with van der Waals surface area (Å²) in [5, 5.41) is 7.81. The lowest BCUT2D eigenvalue weighted by molar-refractivity contribution is 0.985. The number of benzene rings is 6. The molecule has 11 rings (SSSR count). The molecule has 0 N–H and O–H groups in total. The number of hydrogen-bond donors (Lipinski definition) is 0. The Morgan fingerprint density at radius 3 is 2.06 bits per heavy atom.